The maximum absolute atomic E-state index is 12.8. The second-order valence-electron chi connectivity index (χ2n) is 6.29. The number of alkyl carbamates (subject to hydrolysis) is 1. The van der Waals surface area contributed by atoms with Crippen LogP contribution in [0.5, 0.6) is 0 Å². The summed E-state index contributed by atoms with van der Waals surface area (Å²) in [5, 5.41) is 11.9. The van der Waals surface area contributed by atoms with Crippen LogP contribution in [0.1, 0.15) is 52.9 Å². The first-order chi connectivity index (χ1) is 8.96. The highest BCUT2D eigenvalue weighted by Gasteiger charge is 2.54. The van der Waals surface area contributed by atoms with E-state index in [0.29, 0.717) is 12.8 Å². The Balaban J connectivity index is 2.87. The van der Waals surface area contributed by atoms with Crippen LogP contribution in [0.3, 0.4) is 0 Å². The summed E-state index contributed by atoms with van der Waals surface area (Å²) in [4.78, 5) is 11.8. The van der Waals surface area contributed by atoms with Crippen molar-refractivity contribution in [2.75, 3.05) is 0 Å². The fourth-order valence-electron chi connectivity index (χ4n) is 2.47. The van der Waals surface area contributed by atoms with E-state index < -0.39 is 29.5 Å². The molecule has 0 aromatic rings. The van der Waals surface area contributed by atoms with Crippen LogP contribution < -0.4 is 5.32 Å². The molecule has 1 atom stereocenters. The molecule has 0 aromatic carbocycles. The molecule has 0 spiro atoms. The summed E-state index contributed by atoms with van der Waals surface area (Å²) in [6, 6.07) is 0. The van der Waals surface area contributed by atoms with Gasteiger partial charge in [-0.3, -0.25) is 0 Å². The van der Waals surface area contributed by atoms with Gasteiger partial charge in [0.15, 0.2) is 6.10 Å². The van der Waals surface area contributed by atoms with E-state index in [1.54, 1.807) is 20.8 Å². The molecule has 1 aliphatic rings. The quantitative estimate of drug-likeness (QED) is 0.823. The van der Waals surface area contributed by atoms with Gasteiger partial charge in [-0.25, -0.2) is 4.79 Å². The number of amides is 1. The van der Waals surface area contributed by atoms with Crippen molar-refractivity contribution >= 4 is 6.09 Å². The number of ether oxygens (including phenoxy) is 1. The lowest BCUT2D eigenvalue weighted by atomic mass is 9.77. The summed E-state index contributed by atoms with van der Waals surface area (Å²) < 4.78 is 43.5. The van der Waals surface area contributed by atoms with E-state index in [0.717, 1.165) is 6.42 Å². The summed E-state index contributed by atoms with van der Waals surface area (Å²) in [6.07, 6.45) is -6.24. The molecular formula is C13H22F3NO3. The zero-order valence-electron chi connectivity index (χ0n) is 12.0. The van der Waals surface area contributed by atoms with Crippen LogP contribution in [-0.2, 0) is 4.74 Å². The van der Waals surface area contributed by atoms with Crippen LogP contribution in [0.2, 0.25) is 0 Å². The van der Waals surface area contributed by atoms with Gasteiger partial charge in [0.05, 0.1) is 5.54 Å². The van der Waals surface area contributed by atoms with E-state index in [-0.39, 0.29) is 12.8 Å². The maximum atomic E-state index is 12.8. The van der Waals surface area contributed by atoms with E-state index in [9.17, 15) is 23.1 Å². The number of rotatable bonds is 2. The number of aliphatic hydroxyl groups excluding tert-OH is 1. The minimum Gasteiger partial charge on any atom is -0.444 e. The normalized spacial score (nSPS) is 21.1. The Hall–Kier alpha value is -0.980. The van der Waals surface area contributed by atoms with E-state index in [1.165, 1.54) is 0 Å². The molecule has 1 amide bonds. The van der Waals surface area contributed by atoms with Crippen LogP contribution >= 0.6 is 0 Å². The molecule has 7 heteroatoms. The molecule has 0 aromatic heterocycles. The van der Waals surface area contributed by atoms with E-state index in [1.807, 2.05) is 0 Å². The standard InChI is InChI=1S/C13H22F3NO3/c1-11(2,3)20-10(19)17-12(7-5-4-6-8-12)9(18)13(14,15)16/h9,18H,4-8H2,1-3H3,(H,17,19)/t9-/m0/s1. The van der Waals surface area contributed by atoms with Gasteiger partial charge in [-0.15, -0.1) is 0 Å². The van der Waals surface area contributed by atoms with Crippen molar-refractivity contribution in [3.63, 3.8) is 0 Å². The first-order valence-electron chi connectivity index (χ1n) is 6.72. The molecule has 2 N–H and O–H groups in total. The fraction of sp³-hybridized carbons (Fsp3) is 0.923. The molecule has 0 aliphatic heterocycles. The molecule has 4 nitrogen and oxygen atoms in total. The van der Waals surface area contributed by atoms with Crippen molar-refractivity contribution in [2.45, 2.75) is 76.3 Å². The van der Waals surface area contributed by atoms with Crippen LogP contribution in [0, 0.1) is 0 Å². The summed E-state index contributed by atoms with van der Waals surface area (Å²) in [6.45, 7) is 4.88. The van der Waals surface area contributed by atoms with Crippen LogP contribution in [-0.4, -0.2) is 34.6 Å². The van der Waals surface area contributed by atoms with E-state index in [4.69, 9.17) is 4.74 Å². The molecule has 0 heterocycles. The zero-order valence-corrected chi connectivity index (χ0v) is 12.0. The average molecular weight is 297 g/mol. The Morgan fingerprint density at radius 1 is 1.20 bits per heavy atom. The average Bonchev–Trinajstić information content (AvgIpc) is 2.25. The smallest absolute Gasteiger partial charge is 0.416 e. The second-order valence-corrected chi connectivity index (χ2v) is 6.29. The lowest BCUT2D eigenvalue weighted by Gasteiger charge is -2.42. The molecule has 1 rings (SSSR count). The van der Waals surface area contributed by atoms with Gasteiger partial charge in [0, 0.05) is 0 Å². The van der Waals surface area contributed by atoms with Crippen molar-refractivity contribution in [1.29, 1.82) is 0 Å². The molecule has 1 fully saturated rings. The van der Waals surface area contributed by atoms with Crippen molar-refractivity contribution in [1.82, 2.24) is 5.32 Å². The van der Waals surface area contributed by atoms with Gasteiger partial charge in [0.1, 0.15) is 5.60 Å². The third-order valence-electron chi connectivity index (χ3n) is 3.33. The van der Waals surface area contributed by atoms with E-state index >= 15 is 0 Å². The summed E-state index contributed by atoms with van der Waals surface area (Å²) in [7, 11) is 0. The number of halogens is 3. The second kappa shape index (κ2) is 5.79. The molecule has 0 bridgehead atoms. The number of hydrogen-bond acceptors (Lipinski definition) is 3. The molecule has 0 saturated heterocycles. The number of aliphatic hydroxyl groups is 1. The van der Waals surface area contributed by atoms with Gasteiger partial charge >= 0.3 is 12.3 Å². The first-order valence-corrected chi connectivity index (χ1v) is 6.72. The molecule has 1 saturated carbocycles. The minimum absolute atomic E-state index is 0.0902. The molecular weight excluding hydrogens is 275 g/mol. The third-order valence-corrected chi connectivity index (χ3v) is 3.33. The maximum Gasteiger partial charge on any atom is 0.416 e. The number of carbonyl (C=O) groups is 1. The van der Waals surface area contributed by atoms with Gasteiger partial charge < -0.3 is 15.2 Å². The summed E-state index contributed by atoms with van der Waals surface area (Å²) >= 11 is 0. The molecule has 0 unspecified atom stereocenters. The predicted molar refractivity (Wildman–Crippen MR) is 67.2 cm³/mol. The topological polar surface area (TPSA) is 58.6 Å². The van der Waals surface area contributed by atoms with Gasteiger partial charge in [-0.05, 0) is 33.6 Å². The Bertz CT molecular complexity index is 344. The Labute approximate surface area is 116 Å². The summed E-state index contributed by atoms with van der Waals surface area (Å²) in [5.41, 5.74) is -2.48. The summed E-state index contributed by atoms with van der Waals surface area (Å²) in [5.74, 6) is 0. The molecule has 1 aliphatic carbocycles. The molecule has 118 valence electrons. The minimum atomic E-state index is -4.77. The fourth-order valence-corrected chi connectivity index (χ4v) is 2.47. The largest absolute Gasteiger partial charge is 0.444 e. The van der Waals surface area contributed by atoms with E-state index in [2.05, 4.69) is 5.32 Å². The zero-order chi connectivity index (χ0) is 15.6. The van der Waals surface area contributed by atoms with Crippen molar-refractivity contribution < 1.29 is 27.8 Å². The van der Waals surface area contributed by atoms with Crippen LogP contribution in [0.25, 0.3) is 0 Å². The third kappa shape index (κ3) is 4.54. The van der Waals surface area contributed by atoms with Gasteiger partial charge in [0.25, 0.3) is 0 Å². The number of hydrogen-bond donors (Lipinski definition) is 2. The predicted octanol–water partition coefficient (Wildman–Crippen LogP) is 3.14. The van der Waals surface area contributed by atoms with Crippen LogP contribution in [0.15, 0.2) is 0 Å². The molecule has 0 radical (unpaired) electrons. The highest BCUT2D eigenvalue weighted by molar-refractivity contribution is 5.69. The van der Waals surface area contributed by atoms with Crippen molar-refractivity contribution in [3.05, 3.63) is 0 Å². The SMILES string of the molecule is CC(C)(C)OC(=O)NC1([C@H](O)C(F)(F)F)CCCCC1. The van der Waals surface area contributed by atoms with Gasteiger partial charge in [-0.1, -0.05) is 19.3 Å². The van der Waals surface area contributed by atoms with Gasteiger partial charge in [-0.2, -0.15) is 13.2 Å². The number of nitrogens with one attached hydrogen (secondary N) is 1. The monoisotopic (exact) mass is 297 g/mol. The first kappa shape index (κ1) is 17.1. The molecule has 20 heavy (non-hydrogen) atoms. The Morgan fingerprint density at radius 3 is 2.10 bits per heavy atom. The van der Waals surface area contributed by atoms with Crippen molar-refractivity contribution in [2.24, 2.45) is 0 Å². The highest BCUT2D eigenvalue weighted by Crippen LogP contribution is 2.38. The lowest BCUT2D eigenvalue weighted by molar-refractivity contribution is -0.230. The highest BCUT2D eigenvalue weighted by atomic mass is 19.4. The van der Waals surface area contributed by atoms with Gasteiger partial charge in [0.2, 0.25) is 0 Å². The number of alkyl halides is 3. The Morgan fingerprint density at radius 2 is 1.70 bits per heavy atom. The van der Waals surface area contributed by atoms with Crippen LogP contribution in [0.4, 0.5) is 18.0 Å². The number of carbonyl (C=O) groups excluding carboxylic acids is 1. The Kier molecular flexibility index (Phi) is 4.94. The lowest BCUT2D eigenvalue weighted by Crippen LogP contribution is -2.62. The van der Waals surface area contributed by atoms with Crippen molar-refractivity contribution in [3.8, 4) is 0 Å².